The molecule has 1 atom stereocenters. The van der Waals surface area contributed by atoms with Crippen molar-refractivity contribution in [3.05, 3.63) is 0 Å². The summed E-state index contributed by atoms with van der Waals surface area (Å²) in [5.74, 6) is 0.358. The predicted octanol–water partition coefficient (Wildman–Crippen LogP) is 3.38. The van der Waals surface area contributed by atoms with E-state index in [0.717, 1.165) is 25.7 Å². The molecule has 1 unspecified atom stereocenters. The highest BCUT2D eigenvalue weighted by Gasteiger charge is 2.38. The van der Waals surface area contributed by atoms with E-state index < -0.39 is 0 Å². The van der Waals surface area contributed by atoms with E-state index in [0.29, 0.717) is 12.5 Å². The largest absolute Gasteiger partial charge is 0.390 e. The minimum atomic E-state index is -0.331. The first-order valence-corrected chi connectivity index (χ1v) is 6.43. The molecule has 0 aliphatic heterocycles. The van der Waals surface area contributed by atoms with Crippen molar-refractivity contribution < 1.29 is 9.84 Å². The molecule has 2 heteroatoms. The van der Waals surface area contributed by atoms with Crippen molar-refractivity contribution in [1.29, 1.82) is 0 Å². The van der Waals surface area contributed by atoms with Crippen molar-refractivity contribution in [3.63, 3.8) is 0 Å². The van der Waals surface area contributed by atoms with Gasteiger partial charge in [-0.25, -0.2) is 0 Å². The first kappa shape index (κ1) is 14.9. The summed E-state index contributed by atoms with van der Waals surface area (Å²) in [5.41, 5.74) is -0.328. The molecular formula is C13H28O2. The second-order valence-corrected chi connectivity index (χ2v) is 4.23. The van der Waals surface area contributed by atoms with Crippen LogP contribution in [0.25, 0.3) is 0 Å². The Hall–Kier alpha value is -0.0800. The molecule has 1 N–H and O–H groups in total. The summed E-state index contributed by atoms with van der Waals surface area (Å²) >= 11 is 0. The van der Waals surface area contributed by atoms with E-state index in [2.05, 4.69) is 27.7 Å². The van der Waals surface area contributed by atoms with E-state index in [1.807, 2.05) is 6.92 Å². The van der Waals surface area contributed by atoms with E-state index in [4.69, 9.17) is 4.74 Å². The molecule has 0 heterocycles. The molecule has 0 aromatic rings. The van der Waals surface area contributed by atoms with E-state index in [-0.39, 0.29) is 11.7 Å². The lowest BCUT2D eigenvalue weighted by atomic mass is 9.80. The predicted molar refractivity (Wildman–Crippen MR) is 65.0 cm³/mol. The smallest absolute Gasteiger partial charge is 0.0937 e. The van der Waals surface area contributed by atoms with Gasteiger partial charge in [-0.1, -0.05) is 40.5 Å². The Morgan fingerprint density at radius 2 is 1.47 bits per heavy atom. The molecule has 0 saturated carbocycles. The van der Waals surface area contributed by atoms with Gasteiger partial charge in [-0.15, -0.1) is 0 Å². The molecule has 0 rings (SSSR count). The molecule has 0 aliphatic carbocycles. The van der Waals surface area contributed by atoms with E-state index in [1.54, 1.807) is 0 Å². The zero-order chi connectivity index (χ0) is 11.9. The van der Waals surface area contributed by atoms with Crippen LogP contribution in [0.15, 0.2) is 0 Å². The molecule has 0 fully saturated rings. The van der Waals surface area contributed by atoms with Gasteiger partial charge in [-0.05, 0) is 25.7 Å². The quantitative estimate of drug-likeness (QED) is 0.674. The van der Waals surface area contributed by atoms with Crippen LogP contribution >= 0.6 is 0 Å². The summed E-state index contributed by atoms with van der Waals surface area (Å²) < 4.78 is 5.82. The van der Waals surface area contributed by atoms with Gasteiger partial charge in [-0.2, -0.15) is 0 Å². The molecule has 0 aromatic carbocycles. The van der Waals surface area contributed by atoms with Crippen LogP contribution in [-0.2, 0) is 4.74 Å². The molecule has 2 nitrogen and oxygen atoms in total. The average Bonchev–Trinajstić information content (AvgIpc) is 2.27. The maximum atomic E-state index is 10.4. The third-order valence-electron chi connectivity index (χ3n) is 3.66. The van der Waals surface area contributed by atoms with Gasteiger partial charge in [0, 0.05) is 6.61 Å². The third kappa shape index (κ3) is 3.46. The molecule has 0 radical (unpaired) electrons. The molecule has 15 heavy (non-hydrogen) atoms. The minimum absolute atomic E-state index is 0.328. The Labute approximate surface area is 95.0 Å². The van der Waals surface area contributed by atoms with Crippen LogP contribution in [0.2, 0.25) is 0 Å². The van der Waals surface area contributed by atoms with Crippen LogP contribution in [0.1, 0.15) is 60.3 Å². The number of rotatable bonds is 8. The summed E-state index contributed by atoms with van der Waals surface area (Å²) in [7, 11) is 0. The number of ether oxygens (including phenoxy) is 1. The van der Waals surface area contributed by atoms with Crippen molar-refractivity contribution in [3.8, 4) is 0 Å². The molecule has 0 aliphatic rings. The fourth-order valence-corrected chi connectivity index (χ4v) is 2.41. The Bertz CT molecular complexity index is 149. The second kappa shape index (κ2) is 7.24. The highest BCUT2D eigenvalue weighted by molar-refractivity contribution is 4.89. The number of hydrogen-bond acceptors (Lipinski definition) is 2. The summed E-state index contributed by atoms with van der Waals surface area (Å²) in [5, 5.41) is 10.4. The molecule has 0 bridgehead atoms. The zero-order valence-electron chi connectivity index (χ0n) is 11.0. The highest BCUT2D eigenvalue weighted by atomic mass is 16.5. The maximum absolute atomic E-state index is 10.4. The Morgan fingerprint density at radius 1 is 1.00 bits per heavy atom. The zero-order valence-corrected chi connectivity index (χ0v) is 11.0. The molecule has 0 aromatic heterocycles. The minimum Gasteiger partial charge on any atom is -0.390 e. The Kier molecular flexibility index (Phi) is 7.20. The van der Waals surface area contributed by atoms with Crippen molar-refractivity contribution >= 4 is 0 Å². The fourth-order valence-electron chi connectivity index (χ4n) is 2.41. The van der Waals surface area contributed by atoms with Crippen LogP contribution in [0.4, 0.5) is 0 Å². The summed E-state index contributed by atoms with van der Waals surface area (Å²) in [6.45, 7) is 11.2. The summed E-state index contributed by atoms with van der Waals surface area (Å²) in [4.78, 5) is 0. The summed E-state index contributed by atoms with van der Waals surface area (Å²) in [6, 6.07) is 0. The van der Waals surface area contributed by atoms with Gasteiger partial charge in [-0.3, -0.25) is 0 Å². The normalized spacial score (nSPS) is 14.6. The van der Waals surface area contributed by atoms with Gasteiger partial charge in [0.2, 0.25) is 0 Å². The van der Waals surface area contributed by atoms with Crippen molar-refractivity contribution in [1.82, 2.24) is 0 Å². The van der Waals surface area contributed by atoms with Crippen LogP contribution in [-0.4, -0.2) is 23.4 Å². The van der Waals surface area contributed by atoms with Crippen LogP contribution < -0.4 is 0 Å². The van der Waals surface area contributed by atoms with Crippen LogP contribution in [0.5, 0.6) is 0 Å². The van der Waals surface area contributed by atoms with Crippen LogP contribution in [0, 0.1) is 5.92 Å². The first-order chi connectivity index (χ1) is 7.11. The van der Waals surface area contributed by atoms with Gasteiger partial charge in [0.05, 0.1) is 11.7 Å². The van der Waals surface area contributed by atoms with Gasteiger partial charge in [0.25, 0.3) is 0 Å². The fraction of sp³-hybridized carbons (Fsp3) is 1.00. The van der Waals surface area contributed by atoms with Gasteiger partial charge >= 0.3 is 0 Å². The molecule has 0 saturated heterocycles. The average molecular weight is 216 g/mol. The topological polar surface area (TPSA) is 29.5 Å². The van der Waals surface area contributed by atoms with Crippen molar-refractivity contribution in [2.75, 3.05) is 6.61 Å². The third-order valence-corrected chi connectivity index (χ3v) is 3.66. The second-order valence-electron chi connectivity index (χ2n) is 4.23. The van der Waals surface area contributed by atoms with Gasteiger partial charge in [0.1, 0.15) is 0 Å². The van der Waals surface area contributed by atoms with Crippen LogP contribution in [0.3, 0.4) is 0 Å². The molecular weight excluding hydrogens is 188 g/mol. The van der Waals surface area contributed by atoms with Gasteiger partial charge < -0.3 is 9.84 Å². The van der Waals surface area contributed by atoms with Crippen molar-refractivity contribution in [2.45, 2.75) is 72.0 Å². The molecule has 0 spiro atoms. The Morgan fingerprint density at radius 3 is 1.73 bits per heavy atom. The summed E-state index contributed by atoms with van der Waals surface area (Å²) in [6.07, 6.45) is 3.48. The lowest BCUT2D eigenvalue weighted by molar-refractivity contribution is -0.144. The number of hydrogen-bond donors (Lipinski definition) is 1. The highest BCUT2D eigenvalue weighted by Crippen LogP contribution is 2.31. The Balaban J connectivity index is 4.71. The standard InChI is InChI=1S/C13H28O2/c1-6-11(7-2)12(14)13(8-3,9-4)15-10-5/h11-12,14H,6-10H2,1-5H3. The lowest BCUT2D eigenvalue weighted by Crippen LogP contribution is -2.47. The van der Waals surface area contributed by atoms with Crippen molar-refractivity contribution in [2.24, 2.45) is 5.92 Å². The molecule has 92 valence electrons. The monoisotopic (exact) mass is 216 g/mol. The maximum Gasteiger partial charge on any atom is 0.0937 e. The SMILES string of the molecule is CCOC(CC)(CC)C(O)C(CC)CC. The number of aliphatic hydroxyl groups excluding tert-OH is 1. The molecule has 0 amide bonds. The van der Waals surface area contributed by atoms with E-state index in [9.17, 15) is 5.11 Å². The van der Waals surface area contributed by atoms with E-state index >= 15 is 0 Å². The first-order valence-electron chi connectivity index (χ1n) is 6.43. The lowest BCUT2D eigenvalue weighted by Gasteiger charge is -2.40. The van der Waals surface area contributed by atoms with Gasteiger partial charge in [0.15, 0.2) is 0 Å². The van der Waals surface area contributed by atoms with E-state index in [1.165, 1.54) is 0 Å². The number of aliphatic hydroxyl groups is 1.